The molecule has 0 saturated carbocycles. The Morgan fingerprint density at radius 1 is 0.675 bits per heavy atom. The first kappa shape index (κ1) is 30.8. The quantitative estimate of drug-likeness (QED) is 0.334. The van der Waals surface area contributed by atoms with Crippen molar-refractivity contribution in [3.8, 4) is 0 Å². The van der Waals surface area contributed by atoms with E-state index < -0.39 is 12.1 Å². The van der Waals surface area contributed by atoms with Crippen LogP contribution < -0.4 is 0 Å². The lowest BCUT2D eigenvalue weighted by atomic mass is 9.99. The van der Waals surface area contributed by atoms with Crippen molar-refractivity contribution in [1.82, 2.24) is 19.9 Å². The van der Waals surface area contributed by atoms with Gasteiger partial charge in [0, 0.05) is 41.0 Å². The van der Waals surface area contributed by atoms with Crippen LogP contribution in [-0.4, -0.2) is 82.8 Å². The minimum Gasteiger partial charge on any atom is -0.332 e. The van der Waals surface area contributed by atoms with Crippen molar-refractivity contribution in [3.63, 3.8) is 0 Å². The van der Waals surface area contributed by atoms with Crippen molar-refractivity contribution < 1.29 is 28.9 Å². The van der Waals surface area contributed by atoms with Gasteiger partial charge in [-0.3, -0.25) is 28.9 Å². The van der Waals surface area contributed by atoms with Crippen LogP contribution in [0.1, 0.15) is 50.7 Å². The summed E-state index contributed by atoms with van der Waals surface area (Å²) in [6.07, 6.45) is 1.80. The summed E-state index contributed by atoms with van der Waals surface area (Å²) in [6, 6.07) is 17.9. The number of rotatable bonds is 14. The second-order valence-corrected chi connectivity index (χ2v) is 9.97. The van der Waals surface area contributed by atoms with E-state index in [1.54, 1.807) is 14.1 Å². The molecule has 10 heteroatoms. The second-order valence-electron chi connectivity index (χ2n) is 9.97. The molecule has 0 spiro atoms. The van der Waals surface area contributed by atoms with E-state index in [1.807, 2.05) is 60.7 Å². The van der Waals surface area contributed by atoms with Crippen LogP contribution >= 0.6 is 0 Å². The van der Waals surface area contributed by atoms with Gasteiger partial charge in [-0.05, 0) is 36.8 Å². The van der Waals surface area contributed by atoms with Crippen LogP contribution in [0, 0.1) is 0 Å². The van der Waals surface area contributed by atoms with Crippen LogP contribution in [0.4, 0.5) is 0 Å². The molecule has 1 aliphatic rings. The summed E-state index contributed by atoms with van der Waals surface area (Å²) in [7, 11) is 3.29. The highest BCUT2D eigenvalue weighted by Crippen LogP contribution is 2.22. The molecule has 40 heavy (non-hydrogen) atoms. The van der Waals surface area contributed by atoms with Crippen LogP contribution in [-0.2, 0) is 42.1 Å². The Bertz CT molecular complexity index is 1040. The number of carbonyl (C=O) groups excluding carboxylic acids is 4. The largest absolute Gasteiger partial charge is 0.332 e. The molecule has 1 aliphatic heterocycles. The molecule has 0 aromatic heterocycles. The molecule has 216 valence electrons. The Labute approximate surface area is 236 Å². The molecular formula is C30H40N4O6. The zero-order valence-corrected chi connectivity index (χ0v) is 23.8. The summed E-state index contributed by atoms with van der Waals surface area (Å²) in [5.41, 5.74) is 1.90. The molecule has 2 aromatic rings. The fourth-order valence-electron chi connectivity index (χ4n) is 4.68. The van der Waals surface area contributed by atoms with Crippen LogP contribution in [0.25, 0.3) is 0 Å². The number of carbonyl (C=O) groups is 4. The number of nitrogens with zero attached hydrogens (tertiary/aromatic N) is 4. The normalized spacial score (nSPS) is 17.2. The molecule has 1 heterocycles. The molecule has 4 amide bonds. The number of hydroxylamine groups is 4. The Morgan fingerprint density at radius 3 is 1.35 bits per heavy atom. The number of likely N-dealkylation sites (N-methyl/N-ethyl adjacent to an activating group) is 2. The maximum Gasteiger partial charge on any atom is 0.245 e. The average molecular weight is 553 g/mol. The van der Waals surface area contributed by atoms with Gasteiger partial charge in [0.1, 0.15) is 25.3 Å². The first-order valence-electron chi connectivity index (χ1n) is 13.6. The number of benzene rings is 2. The van der Waals surface area contributed by atoms with Crippen molar-refractivity contribution in [2.24, 2.45) is 0 Å². The van der Waals surface area contributed by atoms with Gasteiger partial charge in [0.15, 0.2) is 0 Å². The summed E-state index contributed by atoms with van der Waals surface area (Å²) in [5, 5.41) is 2.60. The summed E-state index contributed by atoms with van der Waals surface area (Å²) in [5.74, 6) is -0.731. The predicted octanol–water partition coefficient (Wildman–Crippen LogP) is 3.18. The topological polar surface area (TPSA) is 99.7 Å². The molecule has 0 unspecified atom stereocenters. The highest BCUT2D eigenvalue weighted by molar-refractivity contribution is 5.96. The van der Waals surface area contributed by atoms with Crippen LogP contribution in [0.15, 0.2) is 60.7 Å². The molecule has 0 N–H and O–H groups in total. The Kier molecular flexibility index (Phi) is 11.6. The fraction of sp³-hybridized carbons (Fsp3) is 0.467. The van der Waals surface area contributed by atoms with E-state index in [0.717, 1.165) is 11.1 Å². The zero-order valence-electron chi connectivity index (χ0n) is 23.8. The molecule has 2 aromatic carbocycles. The minimum atomic E-state index is -0.611. The molecule has 1 saturated heterocycles. The fourth-order valence-corrected chi connectivity index (χ4v) is 4.68. The third kappa shape index (κ3) is 8.62. The second kappa shape index (κ2) is 15.1. The van der Waals surface area contributed by atoms with E-state index in [2.05, 4.69) is 0 Å². The van der Waals surface area contributed by atoms with E-state index in [-0.39, 0.29) is 36.8 Å². The summed E-state index contributed by atoms with van der Waals surface area (Å²) in [6.45, 7) is 4.03. The van der Waals surface area contributed by atoms with Gasteiger partial charge in [-0.2, -0.15) is 0 Å². The summed E-state index contributed by atoms with van der Waals surface area (Å²) in [4.78, 5) is 64.9. The van der Waals surface area contributed by atoms with Crippen LogP contribution in [0.3, 0.4) is 0 Å². The monoisotopic (exact) mass is 552 g/mol. The lowest BCUT2D eigenvalue weighted by molar-refractivity contribution is -0.190. The Balaban J connectivity index is 1.47. The highest BCUT2D eigenvalue weighted by atomic mass is 16.7. The van der Waals surface area contributed by atoms with E-state index >= 15 is 0 Å². The van der Waals surface area contributed by atoms with Crippen LogP contribution in [0.2, 0.25) is 0 Å². The van der Waals surface area contributed by atoms with E-state index in [4.69, 9.17) is 9.68 Å². The van der Waals surface area contributed by atoms with Gasteiger partial charge in [0.2, 0.25) is 23.6 Å². The molecule has 0 radical (unpaired) electrons. The molecule has 0 aliphatic carbocycles. The maximum absolute atomic E-state index is 13.2. The molecule has 3 rings (SSSR count). The number of amides is 4. The van der Waals surface area contributed by atoms with Gasteiger partial charge in [0.25, 0.3) is 0 Å². The van der Waals surface area contributed by atoms with Gasteiger partial charge >= 0.3 is 0 Å². The lowest BCUT2D eigenvalue weighted by Crippen LogP contribution is -2.62. The first-order valence-corrected chi connectivity index (χ1v) is 13.6. The van der Waals surface area contributed by atoms with Gasteiger partial charge < -0.3 is 9.80 Å². The average Bonchev–Trinajstić information content (AvgIpc) is 2.95. The van der Waals surface area contributed by atoms with E-state index in [1.165, 1.54) is 33.8 Å². The Morgan fingerprint density at radius 2 is 1.02 bits per heavy atom. The zero-order chi connectivity index (χ0) is 29.1. The van der Waals surface area contributed by atoms with Crippen molar-refractivity contribution in [2.75, 3.05) is 27.2 Å². The van der Waals surface area contributed by atoms with Crippen molar-refractivity contribution >= 4 is 23.6 Å². The van der Waals surface area contributed by atoms with Gasteiger partial charge in [0.05, 0.1) is 0 Å². The minimum absolute atomic E-state index is 0.143. The van der Waals surface area contributed by atoms with E-state index in [0.29, 0.717) is 38.8 Å². The summed E-state index contributed by atoms with van der Waals surface area (Å²) >= 11 is 0. The standard InChI is InChI=1S/C30H40N4O6/c1-23(35)33(39-21-25-13-7-5-8-14-25)19-11-17-27-29(37)32(4)28(30(38)31(27)3)18-12-20-34(24(2)36)40-22-26-15-9-6-10-16-26/h5-10,13-16,27-28H,11-12,17-22H2,1-4H3/t27-,28-/m0/s1. The maximum atomic E-state index is 13.2. The highest BCUT2D eigenvalue weighted by Gasteiger charge is 2.42. The van der Waals surface area contributed by atoms with Crippen LogP contribution in [0.5, 0.6) is 0 Å². The molecule has 2 atom stereocenters. The van der Waals surface area contributed by atoms with Crippen molar-refractivity contribution in [2.45, 2.75) is 64.8 Å². The third-order valence-electron chi connectivity index (χ3n) is 7.04. The SMILES string of the molecule is CC(=O)N(CCC[C@H]1C(=O)N(C)[C@@H](CCCN(OCc2ccccc2)C(C)=O)C(=O)N1C)OCc1ccccc1. The lowest BCUT2D eigenvalue weighted by Gasteiger charge is -2.42. The molecular weight excluding hydrogens is 512 g/mol. The molecule has 1 fully saturated rings. The number of hydrogen-bond acceptors (Lipinski definition) is 6. The van der Waals surface area contributed by atoms with Gasteiger partial charge in [-0.25, -0.2) is 10.1 Å². The molecule has 10 nitrogen and oxygen atoms in total. The Hall–Kier alpha value is -3.76. The first-order chi connectivity index (χ1) is 19.2. The number of hydrogen-bond donors (Lipinski definition) is 0. The molecule has 0 bridgehead atoms. The van der Waals surface area contributed by atoms with Gasteiger partial charge in [-0.15, -0.1) is 0 Å². The number of piperazine rings is 1. The summed E-state index contributed by atoms with van der Waals surface area (Å²) < 4.78 is 0. The van der Waals surface area contributed by atoms with E-state index in [9.17, 15) is 19.2 Å². The smallest absolute Gasteiger partial charge is 0.245 e. The van der Waals surface area contributed by atoms with Crippen molar-refractivity contribution in [1.29, 1.82) is 0 Å². The van der Waals surface area contributed by atoms with Gasteiger partial charge in [-0.1, -0.05) is 60.7 Å². The van der Waals surface area contributed by atoms with Crippen molar-refractivity contribution in [3.05, 3.63) is 71.8 Å². The third-order valence-corrected chi connectivity index (χ3v) is 7.04. The predicted molar refractivity (Wildman–Crippen MR) is 149 cm³/mol.